The molecule has 0 spiro atoms. The Morgan fingerprint density at radius 2 is 1.77 bits per heavy atom. The zero-order chi connectivity index (χ0) is 16.5. The minimum absolute atomic E-state index is 0.384. The van der Waals surface area contributed by atoms with Crippen LogP contribution in [0.5, 0.6) is 0 Å². The van der Waals surface area contributed by atoms with E-state index in [-0.39, 0.29) is 0 Å². The zero-order valence-corrected chi connectivity index (χ0v) is 12.7. The first kappa shape index (κ1) is 16.6. The van der Waals surface area contributed by atoms with Crippen LogP contribution in [0.3, 0.4) is 0 Å². The monoisotopic (exact) mass is 334 g/mol. The molecule has 1 aromatic rings. The highest BCUT2D eigenvalue weighted by Gasteiger charge is 2.43. The summed E-state index contributed by atoms with van der Waals surface area (Å²) in [5, 5.41) is 0. The number of benzene rings is 1. The zero-order valence-electron chi connectivity index (χ0n) is 11.9. The van der Waals surface area contributed by atoms with E-state index >= 15 is 0 Å². The van der Waals surface area contributed by atoms with Crippen LogP contribution in [0.25, 0.3) is 0 Å². The van der Waals surface area contributed by atoms with Gasteiger partial charge in [-0.25, -0.2) is 21.9 Å². The molecule has 2 rings (SSSR count). The van der Waals surface area contributed by atoms with Gasteiger partial charge < -0.3 is 10.5 Å². The SMILES string of the molecule is COC1(C(=O)NS(=O)(=O)c2cc(F)c(N)c(F)c2)CCCC1. The minimum atomic E-state index is -4.42. The van der Waals surface area contributed by atoms with Gasteiger partial charge in [-0.1, -0.05) is 0 Å². The molecule has 3 N–H and O–H groups in total. The molecule has 0 radical (unpaired) electrons. The van der Waals surface area contributed by atoms with E-state index in [9.17, 15) is 22.0 Å². The Hall–Kier alpha value is -1.74. The van der Waals surface area contributed by atoms with Gasteiger partial charge in [-0.15, -0.1) is 0 Å². The summed E-state index contributed by atoms with van der Waals surface area (Å²) in [6, 6.07) is 1.12. The highest BCUT2D eigenvalue weighted by molar-refractivity contribution is 7.90. The summed E-state index contributed by atoms with van der Waals surface area (Å²) in [6.07, 6.45) is 2.23. The van der Waals surface area contributed by atoms with Gasteiger partial charge in [-0.3, -0.25) is 4.79 Å². The lowest BCUT2D eigenvalue weighted by molar-refractivity contribution is -0.140. The molecular formula is C13H16F2N2O4S. The Labute approximate surface area is 126 Å². The molecule has 9 heteroatoms. The van der Waals surface area contributed by atoms with E-state index in [1.165, 1.54) is 7.11 Å². The van der Waals surface area contributed by atoms with Crippen molar-refractivity contribution >= 4 is 21.6 Å². The van der Waals surface area contributed by atoms with Crippen LogP contribution < -0.4 is 10.5 Å². The number of halogens is 2. The van der Waals surface area contributed by atoms with E-state index in [1.807, 2.05) is 4.72 Å². The molecule has 1 aromatic carbocycles. The van der Waals surface area contributed by atoms with Crippen molar-refractivity contribution in [3.05, 3.63) is 23.8 Å². The van der Waals surface area contributed by atoms with E-state index in [1.54, 1.807) is 0 Å². The van der Waals surface area contributed by atoms with Gasteiger partial charge in [0.15, 0.2) is 0 Å². The molecule has 0 unspecified atom stereocenters. The quantitative estimate of drug-likeness (QED) is 0.809. The minimum Gasteiger partial charge on any atom is -0.394 e. The number of hydrogen-bond acceptors (Lipinski definition) is 5. The third-order valence-electron chi connectivity index (χ3n) is 3.81. The number of nitrogens with one attached hydrogen (secondary N) is 1. The molecule has 0 saturated heterocycles. The lowest BCUT2D eigenvalue weighted by atomic mass is 10.0. The number of nitrogen functional groups attached to an aromatic ring is 1. The Bertz CT molecular complexity index is 677. The van der Waals surface area contributed by atoms with Crippen LogP contribution in [0.1, 0.15) is 25.7 Å². The van der Waals surface area contributed by atoms with Gasteiger partial charge in [0.2, 0.25) is 0 Å². The topological polar surface area (TPSA) is 98.5 Å². The van der Waals surface area contributed by atoms with E-state index in [2.05, 4.69) is 0 Å². The summed E-state index contributed by atoms with van der Waals surface area (Å²) in [5.41, 5.74) is 3.08. The number of anilines is 1. The number of carbonyl (C=O) groups is 1. The van der Waals surface area contributed by atoms with Crippen LogP contribution in [-0.2, 0) is 19.6 Å². The van der Waals surface area contributed by atoms with Gasteiger partial charge in [0.1, 0.15) is 22.9 Å². The second-order valence-corrected chi connectivity index (χ2v) is 6.82. The maximum atomic E-state index is 13.4. The second-order valence-electron chi connectivity index (χ2n) is 5.14. The van der Waals surface area contributed by atoms with Gasteiger partial charge in [0.05, 0.1) is 4.90 Å². The first-order chi connectivity index (χ1) is 10.2. The van der Waals surface area contributed by atoms with Crippen molar-refractivity contribution < 1.29 is 26.7 Å². The number of hydrogen-bond donors (Lipinski definition) is 2. The van der Waals surface area contributed by atoms with E-state index in [0.29, 0.717) is 25.0 Å². The van der Waals surface area contributed by atoms with Crippen LogP contribution in [-0.4, -0.2) is 27.0 Å². The highest BCUT2D eigenvalue weighted by atomic mass is 32.2. The first-order valence-electron chi connectivity index (χ1n) is 6.59. The number of rotatable bonds is 4. The Morgan fingerprint density at radius 1 is 1.27 bits per heavy atom. The Balaban J connectivity index is 2.30. The number of sulfonamides is 1. The molecule has 1 amide bonds. The Kier molecular flexibility index (Phi) is 4.39. The van der Waals surface area contributed by atoms with Crippen LogP contribution >= 0.6 is 0 Å². The smallest absolute Gasteiger partial charge is 0.265 e. The molecule has 1 saturated carbocycles. The van der Waals surface area contributed by atoms with Crippen molar-refractivity contribution in [3.63, 3.8) is 0 Å². The lowest BCUT2D eigenvalue weighted by Gasteiger charge is -2.25. The summed E-state index contributed by atoms with van der Waals surface area (Å²) in [5.74, 6) is -3.27. The number of carbonyl (C=O) groups excluding carboxylic acids is 1. The average molecular weight is 334 g/mol. The average Bonchev–Trinajstić information content (AvgIpc) is 2.93. The van der Waals surface area contributed by atoms with Crippen molar-refractivity contribution in [2.24, 2.45) is 0 Å². The predicted octanol–water partition coefficient (Wildman–Crippen LogP) is 1.31. The lowest BCUT2D eigenvalue weighted by Crippen LogP contribution is -2.48. The van der Waals surface area contributed by atoms with Crippen molar-refractivity contribution in [2.75, 3.05) is 12.8 Å². The fourth-order valence-corrected chi connectivity index (χ4v) is 3.53. The molecule has 0 heterocycles. The van der Waals surface area contributed by atoms with E-state index < -0.39 is 43.7 Å². The standard InChI is InChI=1S/C13H16F2N2O4S/c1-21-13(4-2-3-5-13)12(18)17-22(19,20)8-6-9(14)11(16)10(15)7-8/h6-7H,2-5,16H2,1H3,(H,17,18). The second kappa shape index (κ2) is 5.81. The van der Waals surface area contributed by atoms with Crippen molar-refractivity contribution in [1.29, 1.82) is 0 Å². The van der Waals surface area contributed by atoms with Gasteiger partial charge in [-0.2, -0.15) is 0 Å². The molecular weight excluding hydrogens is 318 g/mol. The molecule has 1 aliphatic rings. The highest BCUT2D eigenvalue weighted by Crippen LogP contribution is 2.33. The normalized spacial score (nSPS) is 17.4. The molecule has 122 valence electrons. The molecule has 1 aliphatic carbocycles. The maximum Gasteiger partial charge on any atom is 0.265 e. The van der Waals surface area contributed by atoms with E-state index in [4.69, 9.17) is 10.5 Å². The third-order valence-corrected chi connectivity index (χ3v) is 5.12. The molecule has 0 bridgehead atoms. The molecule has 22 heavy (non-hydrogen) atoms. The van der Waals surface area contributed by atoms with Crippen LogP contribution in [0.4, 0.5) is 14.5 Å². The summed E-state index contributed by atoms with van der Waals surface area (Å²) in [7, 11) is -3.10. The maximum absolute atomic E-state index is 13.4. The number of methoxy groups -OCH3 is 1. The van der Waals surface area contributed by atoms with Crippen LogP contribution in [0.15, 0.2) is 17.0 Å². The van der Waals surface area contributed by atoms with Crippen molar-refractivity contribution in [1.82, 2.24) is 4.72 Å². The van der Waals surface area contributed by atoms with Crippen molar-refractivity contribution in [2.45, 2.75) is 36.2 Å². The molecule has 6 nitrogen and oxygen atoms in total. The summed E-state index contributed by atoms with van der Waals surface area (Å²) in [4.78, 5) is 11.5. The summed E-state index contributed by atoms with van der Waals surface area (Å²) < 4.78 is 58.0. The Morgan fingerprint density at radius 3 is 2.23 bits per heavy atom. The fraction of sp³-hybridized carbons (Fsp3) is 0.462. The van der Waals surface area contributed by atoms with Gasteiger partial charge >= 0.3 is 0 Å². The van der Waals surface area contributed by atoms with Crippen molar-refractivity contribution in [3.8, 4) is 0 Å². The van der Waals surface area contributed by atoms with Gasteiger partial charge in [-0.05, 0) is 37.8 Å². The third kappa shape index (κ3) is 2.91. The largest absolute Gasteiger partial charge is 0.394 e. The fourth-order valence-electron chi connectivity index (χ4n) is 2.46. The summed E-state index contributed by atoms with van der Waals surface area (Å²) >= 11 is 0. The molecule has 0 aliphatic heterocycles. The summed E-state index contributed by atoms with van der Waals surface area (Å²) in [6.45, 7) is 0. The van der Waals surface area contributed by atoms with Crippen LogP contribution in [0.2, 0.25) is 0 Å². The molecule has 0 atom stereocenters. The van der Waals surface area contributed by atoms with Gasteiger partial charge in [0, 0.05) is 7.11 Å². The number of nitrogens with two attached hydrogens (primary N) is 1. The van der Waals surface area contributed by atoms with E-state index in [0.717, 1.165) is 12.8 Å². The molecule has 1 fully saturated rings. The predicted molar refractivity (Wildman–Crippen MR) is 74.3 cm³/mol. The van der Waals surface area contributed by atoms with Gasteiger partial charge in [0.25, 0.3) is 15.9 Å². The first-order valence-corrected chi connectivity index (χ1v) is 8.07. The van der Waals surface area contributed by atoms with Crippen LogP contribution in [0, 0.1) is 11.6 Å². The number of ether oxygens (including phenoxy) is 1. The number of amides is 1. The molecule has 0 aromatic heterocycles.